The monoisotopic (exact) mass is 523 g/mol. The first-order valence-electron chi connectivity index (χ1n) is 11.3. The Morgan fingerprint density at radius 2 is 1.80 bits per heavy atom. The van der Waals surface area contributed by atoms with Gasteiger partial charge in [0, 0.05) is 48.2 Å². The number of ketones is 1. The number of carbonyl (C=O) groups is 2. The van der Waals surface area contributed by atoms with Crippen LogP contribution in [-0.2, 0) is 19.6 Å². The van der Waals surface area contributed by atoms with E-state index < -0.39 is 26.8 Å². The fourth-order valence-electron chi connectivity index (χ4n) is 4.56. The first-order chi connectivity index (χ1) is 16.5. The molecule has 0 bridgehead atoms. The number of nitrogens with zero attached hydrogens (tertiary/aromatic N) is 3. The molecule has 1 aliphatic carbocycles. The standard InChI is InChI=1S/C23H26ClN3O7S/c1-14-11-19(15(2)26(14)17-3-4-17)21(28)13-34-23(29)16-7-9-25(10-8-16)35(32,33)22-12-18(27(30)31)5-6-20(22)24/h5-6,11-12,16-17H,3-4,7-10,13H2,1-2H3. The van der Waals surface area contributed by atoms with Gasteiger partial charge < -0.3 is 9.30 Å². The van der Waals surface area contributed by atoms with E-state index in [1.54, 1.807) is 0 Å². The van der Waals surface area contributed by atoms with Gasteiger partial charge in [-0.1, -0.05) is 11.6 Å². The number of aromatic nitrogens is 1. The molecule has 0 unspecified atom stereocenters. The molecule has 1 aromatic carbocycles. The number of ether oxygens (including phenoxy) is 1. The minimum Gasteiger partial charge on any atom is -0.457 e. The average Bonchev–Trinajstić information content (AvgIpc) is 3.61. The van der Waals surface area contributed by atoms with Crippen LogP contribution in [0.2, 0.25) is 5.02 Å². The van der Waals surface area contributed by atoms with Crippen LogP contribution in [0.3, 0.4) is 0 Å². The number of esters is 1. The smallest absolute Gasteiger partial charge is 0.309 e. The maximum Gasteiger partial charge on any atom is 0.309 e. The Kier molecular flexibility index (Phi) is 7.03. The molecule has 0 spiro atoms. The Hall–Kier alpha value is -2.76. The van der Waals surface area contributed by atoms with E-state index in [-0.39, 0.29) is 53.9 Å². The quantitative estimate of drug-likeness (QED) is 0.222. The first-order valence-corrected chi connectivity index (χ1v) is 13.1. The number of piperidine rings is 1. The summed E-state index contributed by atoms with van der Waals surface area (Å²) in [5, 5.41) is 10.9. The number of Topliss-reactive ketones (excluding diaryl/α,β-unsaturated/α-hetero) is 1. The third kappa shape index (κ3) is 5.12. The molecule has 0 atom stereocenters. The molecule has 4 rings (SSSR count). The van der Waals surface area contributed by atoms with Gasteiger partial charge >= 0.3 is 5.97 Å². The van der Waals surface area contributed by atoms with E-state index in [0.717, 1.165) is 40.7 Å². The van der Waals surface area contributed by atoms with Crippen LogP contribution in [0.4, 0.5) is 5.69 Å². The lowest BCUT2D eigenvalue weighted by Crippen LogP contribution is -2.40. The molecular formula is C23H26ClN3O7S. The van der Waals surface area contributed by atoms with Crippen molar-refractivity contribution in [2.75, 3.05) is 19.7 Å². The van der Waals surface area contributed by atoms with Gasteiger partial charge in [0.2, 0.25) is 15.8 Å². The number of non-ortho nitro benzene ring substituents is 1. The lowest BCUT2D eigenvalue weighted by atomic mass is 9.98. The molecule has 2 fully saturated rings. The fraction of sp³-hybridized carbons (Fsp3) is 0.478. The molecule has 0 radical (unpaired) electrons. The van der Waals surface area contributed by atoms with Gasteiger partial charge in [0.05, 0.1) is 15.9 Å². The number of nitro benzene ring substituents is 1. The molecule has 1 aromatic heterocycles. The van der Waals surface area contributed by atoms with E-state index in [1.165, 1.54) is 6.07 Å². The van der Waals surface area contributed by atoms with Gasteiger partial charge in [0.15, 0.2) is 6.61 Å². The fourth-order valence-corrected chi connectivity index (χ4v) is 6.52. The van der Waals surface area contributed by atoms with Crippen molar-refractivity contribution in [2.45, 2.75) is 50.5 Å². The molecule has 0 amide bonds. The number of carbonyl (C=O) groups excluding carboxylic acids is 2. The molecule has 10 nitrogen and oxygen atoms in total. The second kappa shape index (κ2) is 9.71. The topological polar surface area (TPSA) is 129 Å². The highest BCUT2D eigenvalue weighted by Gasteiger charge is 2.35. The van der Waals surface area contributed by atoms with Gasteiger partial charge in [-0.05, 0) is 51.7 Å². The van der Waals surface area contributed by atoms with Crippen LogP contribution in [-0.4, -0.2) is 53.7 Å². The van der Waals surface area contributed by atoms with Crippen LogP contribution in [0.15, 0.2) is 29.2 Å². The van der Waals surface area contributed by atoms with E-state index in [4.69, 9.17) is 16.3 Å². The Labute approximate surface area is 208 Å². The molecule has 35 heavy (non-hydrogen) atoms. The van der Waals surface area contributed by atoms with Crippen molar-refractivity contribution < 1.29 is 27.7 Å². The third-order valence-electron chi connectivity index (χ3n) is 6.57. The Morgan fingerprint density at radius 3 is 2.40 bits per heavy atom. The van der Waals surface area contributed by atoms with Crippen LogP contribution in [0.1, 0.15) is 53.5 Å². The van der Waals surface area contributed by atoms with E-state index in [1.807, 2.05) is 19.9 Å². The summed E-state index contributed by atoms with van der Waals surface area (Å²) >= 11 is 6.01. The predicted molar refractivity (Wildman–Crippen MR) is 127 cm³/mol. The molecule has 1 saturated heterocycles. The summed E-state index contributed by atoms with van der Waals surface area (Å²) in [5.74, 6) is -1.35. The number of benzene rings is 1. The van der Waals surface area contributed by atoms with E-state index in [0.29, 0.717) is 11.6 Å². The second-order valence-electron chi connectivity index (χ2n) is 8.97. The summed E-state index contributed by atoms with van der Waals surface area (Å²) in [5.41, 5.74) is 2.06. The lowest BCUT2D eigenvalue weighted by Gasteiger charge is -2.30. The average molecular weight is 524 g/mol. The van der Waals surface area contributed by atoms with Crippen LogP contribution < -0.4 is 0 Å². The van der Waals surface area contributed by atoms with E-state index in [2.05, 4.69) is 4.57 Å². The lowest BCUT2D eigenvalue weighted by molar-refractivity contribution is -0.385. The zero-order valence-electron chi connectivity index (χ0n) is 19.4. The maximum atomic E-state index is 13.0. The van der Waals surface area contributed by atoms with Gasteiger partial charge in [-0.15, -0.1) is 0 Å². The number of rotatable bonds is 8. The van der Waals surface area contributed by atoms with Crippen molar-refractivity contribution in [1.29, 1.82) is 0 Å². The Morgan fingerprint density at radius 1 is 1.14 bits per heavy atom. The number of sulfonamides is 1. The van der Waals surface area contributed by atoms with Crippen molar-refractivity contribution in [3.63, 3.8) is 0 Å². The summed E-state index contributed by atoms with van der Waals surface area (Å²) in [6, 6.07) is 5.51. The summed E-state index contributed by atoms with van der Waals surface area (Å²) in [6.45, 7) is 3.53. The number of nitro groups is 1. The third-order valence-corrected chi connectivity index (χ3v) is 8.95. The number of halogens is 1. The van der Waals surface area contributed by atoms with Gasteiger partial charge in [-0.3, -0.25) is 19.7 Å². The summed E-state index contributed by atoms with van der Waals surface area (Å²) in [4.78, 5) is 35.2. The van der Waals surface area contributed by atoms with Crippen molar-refractivity contribution in [3.8, 4) is 0 Å². The predicted octanol–water partition coefficient (Wildman–Crippen LogP) is 3.83. The van der Waals surface area contributed by atoms with Crippen molar-refractivity contribution in [2.24, 2.45) is 5.92 Å². The molecule has 1 aliphatic heterocycles. The molecule has 12 heteroatoms. The highest BCUT2D eigenvalue weighted by molar-refractivity contribution is 7.89. The molecule has 2 aromatic rings. The van der Waals surface area contributed by atoms with Crippen LogP contribution in [0, 0.1) is 29.9 Å². The van der Waals surface area contributed by atoms with Crippen LogP contribution in [0.5, 0.6) is 0 Å². The van der Waals surface area contributed by atoms with Crippen molar-refractivity contribution >= 4 is 39.1 Å². The normalized spacial score (nSPS) is 17.3. The number of hydrogen-bond donors (Lipinski definition) is 0. The van der Waals surface area contributed by atoms with Gasteiger partial charge in [0.1, 0.15) is 4.90 Å². The summed E-state index contributed by atoms with van der Waals surface area (Å²) < 4.78 is 34.6. The highest BCUT2D eigenvalue weighted by Crippen LogP contribution is 2.38. The summed E-state index contributed by atoms with van der Waals surface area (Å²) in [7, 11) is -4.08. The van der Waals surface area contributed by atoms with E-state index in [9.17, 15) is 28.1 Å². The molecule has 2 heterocycles. The molecular weight excluding hydrogens is 498 g/mol. The number of aryl methyl sites for hydroxylation is 1. The minimum absolute atomic E-state index is 0.0254. The van der Waals surface area contributed by atoms with Gasteiger partial charge in [-0.2, -0.15) is 4.31 Å². The molecule has 1 saturated carbocycles. The Bertz CT molecular complexity index is 1290. The maximum absolute atomic E-state index is 13.0. The Balaban J connectivity index is 1.34. The van der Waals surface area contributed by atoms with E-state index >= 15 is 0 Å². The second-order valence-corrected chi connectivity index (χ2v) is 11.3. The van der Waals surface area contributed by atoms with Gasteiger partial charge in [-0.25, -0.2) is 8.42 Å². The zero-order chi connectivity index (χ0) is 25.5. The van der Waals surface area contributed by atoms with Crippen molar-refractivity contribution in [3.05, 3.63) is 56.4 Å². The molecule has 2 aliphatic rings. The zero-order valence-corrected chi connectivity index (χ0v) is 21.0. The van der Waals surface area contributed by atoms with Crippen LogP contribution in [0.25, 0.3) is 0 Å². The molecule has 188 valence electrons. The SMILES string of the molecule is Cc1cc(C(=O)COC(=O)C2CCN(S(=O)(=O)c3cc([N+](=O)[O-])ccc3Cl)CC2)c(C)n1C1CC1. The number of hydrogen-bond acceptors (Lipinski definition) is 7. The highest BCUT2D eigenvalue weighted by atomic mass is 35.5. The van der Waals surface area contributed by atoms with Crippen molar-refractivity contribution in [1.82, 2.24) is 8.87 Å². The first kappa shape index (κ1) is 25.3. The summed E-state index contributed by atoms with van der Waals surface area (Å²) in [6.07, 6.45) is 2.60. The van der Waals surface area contributed by atoms with Crippen LogP contribution >= 0.6 is 11.6 Å². The minimum atomic E-state index is -4.08. The van der Waals surface area contributed by atoms with Gasteiger partial charge in [0.25, 0.3) is 5.69 Å². The molecule has 0 N–H and O–H groups in total. The largest absolute Gasteiger partial charge is 0.457 e.